The molecule has 1 N–H and O–H groups in total. The molecule has 2 heterocycles. The van der Waals surface area contributed by atoms with Crippen LogP contribution in [0.1, 0.15) is 9.67 Å². The summed E-state index contributed by atoms with van der Waals surface area (Å²) in [5, 5.41) is 1.06. The number of nitrogens with one attached hydrogen (secondary N) is 1. The Labute approximate surface area is 73.0 Å². The van der Waals surface area contributed by atoms with Crippen molar-refractivity contribution >= 4 is 27.5 Å². The Hall–Kier alpha value is -1.29. The molecule has 2 aromatic rings. The minimum atomic E-state index is -0.274. The first-order valence-corrected chi connectivity index (χ1v) is 4.28. The third-order valence-corrected chi connectivity index (χ3v) is 2.69. The van der Waals surface area contributed by atoms with Gasteiger partial charge in [-0.15, -0.1) is 11.3 Å². The number of ether oxygens (including phenoxy) is 1. The molecular weight excluding hydrogens is 174 g/mol. The van der Waals surface area contributed by atoms with Crippen molar-refractivity contribution in [2.75, 3.05) is 7.11 Å². The number of carbonyl (C=O) groups excluding carboxylic acids is 1. The van der Waals surface area contributed by atoms with Crippen molar-refractivity contribution in [3.63, 3.8) is 0 Å². The number of fused-ring (bicyclic) bond motifs is 1. The number of aromatic nitrogens is 1. The molecule has 4 heteroatoms. The van der Waals surface area contributed by atoms with E-state index in [0.29, 0.717) is 4.88 Å². The Morgan fingerprint density at radius 3 is 3.17 bits per heavy atom. The highest BCUT2D eigenvalue weighted by molar-refractivity contribution is 7.20. The van der Waals surface area contributed by atoms with E-state index in [1.807, 2.05) is 18.3 Å². The number of aromatic amines is 1. The topological polar surface area (TPSA) is 42.1 Å². The number of H-pyrrole nitrogens is 1. The van der Waals surface area contributed by atoms with Gasteiger partial charge in [-0.3, -0.25) is 0 Å². The van der Waals surface area contributed by atoms with E-state index in [4.69, 9.17) is 0 Å². The molecule has 0 atom stereocenters. The number of methoxy groups -OCH3 is 1. The smallest absolute Gasteiger partial charge is 0.348 e. The van der Waals surface area contributed by atoms with Crippen molar-refractivity contribution in [2.45, 2.75) is 0 Å². The van der Waals surface area contributed by atoms with Gasteiger partial charge in [0.15, 0.2) is 0 Å². The molecule has 0 amide bonds. The van der Waals surface area contributed by atoms with E-state index in [-0.39, 0.29) is 5.97 Å². The third-order valence-electron chi connectivity index (χ3n) is 1.62. The Kier molecular flexibility index (Phi) is 1.62. The van der Waals surface area contributed by atoms with Crippen LogP contribution in [0.4, 0.5) is 0 Å². The highest BCUT2D eigenvalue weighted by Gasteiger charge is 2.09. The van der Waals surface area contributed by atoms with Gasteiger partial charge >= 0.3 is 5.97 Å². The Balaban J connectivity index is 2.51. The fraction of sp³-hybridized carbons (Fsp3) is 0.125. The second-order valence-corrected chi connectivity index (χ2v) is 3.42. The summed E-state index contributed by atoms with van der Waals surface area (Å²) in [5.74, 6) is -0.274. The monoisotopic (exact) mass is 181 g/mol. The zero-order chi connectivity index (χ0) is 8.55. The first-order valence-electron chi connectivity index (χ1n) is 3.46. The molecule has 0 saturated heterocycles. The molecule has 2 aromatic heterocycles. The van der Waals surface area contributed by atoms with E-state index in [1.54, 1.807) is 0 Å². The summed E-state index contributed by atoms with van der Waals surface area (Å²) in [6, 6.07) is 3.75. The van der Waals surface area contributed by atoms with Crippen molar-refractivity contribution in [2.24, 2.45) is 0 Å². The Bertz CT molecular complexity index is 387. The van der Waals surface area contributed by atoms with Crippen LogP contribution in [0.2, 0.25) is 0 Å². The van der Waals surface area contributed by atoms with Gasteiger partial charge in [-0.1, -0.05) is 0 Å². The van der Waals surface area contributed by atoms with Crippen LogP contribution in [0.25, 0.3) is 10.2 Å². The molecule has 0 radical (unpaired) electrons. The number of esters is 1. The van der Waals surface area contributed by atoms with Crippen LogP contribution in [0.5, 0.6) is 0 Å². The first kappa shape index (κ1) is 7.36. The summed E-state index contributed by atoms with van der Waals surface area (Å²) in [7, 11) is 1.39. The average molecular weight is 181 g/mol. The van der Waals surface area contributed by atoms with Gasteiger partial charge in [-0.2, -0.15) is 0 Å². The van der Waals surface area contributed by atoms with Crippen LogP contribution in [0.15, 0.2) is 18.3 Å². The van der Waals surface area contributed by atoms with E-state index in [0.717, 1.165) is 10.2 Å². The van der Waals surface area contributed by atoms with Crippen LogP contribution >= 0.6 is 11.3 Å². The molecule has 62 valence electrons. The molecule has 0 unspecified atom stereocenters. The van der Waals surface area contributed by atoms with Gasteiger partial charge in [0.25, 0.3) is 0 Å². The molecule has 0 saturated carbocycles. The first-order chi connectivity index (χ1) is 5.81. The fourth-order valence-corrected chi connectivity index (χ4v) is 1.99. The zero-order valence-corrected chi connectivity index (χ0v) is 7.27. The Morgan fingerprint density at radius 1 is 1.67 bits per heavy atom. The molecular formula is C8H7NO2S. The zero-order valence-electron chi connectivity index (χ0n) is 6.46. The van der Waals surface area contributed by atoms with Gasteiger partial charge < -0.3 is 9.72 Å². The minimum Gasteiger partial charge on any atom is -0.465 e. The van der Waals surface area contributed by atoms with Gasteiger partial charge in [0.2, 0.25) is 0 Å². The maximum atomic E-state index is 11.1. The molecule has 2 rings (SSSR count). The lowest BCUT2D eigenvalue weighted by molar-refractivity contribution is 0.0606. The lowest BCUT2D eigenvalue weighted by Gasteiger charge is -1.90. The standard InChI is InChI=1S/C8H7NO2S/c1-11-8(10)6-4-5-2-3-9-7(5)12-6/h2-4,9H,1H3. The number of rotatable bonds is 1. The van der Waals surface area contributed by atoms with Crippen LogP contribution < -0.4 is 0 Å². The molecule has 0 aliphatic heterocycles. The number of hydrogen-bond acceptors (Lipinski definition) is 3. The van der Waals surface area contributed by atoms with E-state index in [1.165, 1.54) is 18.4 Å². The summed E-state index contributed by atoms with van der Waals surface area (Å²) in [4.78, 5) is 15.7. The Morgan fingerprint density at radius 2 is 2.50 bits per heavy atom. The summed E-state index contributed by atoms with van der Waals surface area (Å²) in [6.45, 7) is 0. The lowest BCUT2D eigenvalue weighted by atomic mass is 10.4. The second-order valence-electron chi connectivity index (χ2n) is 2.36. The third kappa shape index (κ3) is 1.00. The van der Waals surface area contributed by atoms with Gasteiger partial charge in [-0.25, -0.2) is 4.79 Å². The average Bonchev–Trinajstić information content (AvgIpc) is 2.60. The predicted octanol–water partition coefficient (Wildman–Crippen LogP) is 2.02. The van der Waals surface area contributed by atoms with Crippen LogP contribution in [0.3, 0.4) is 0 Å². The predicted molar refractivity (Wildman–Crippen MR) is 47.5 cm³/mol. The molecule has 0 fully saturated rings. The summed E-state index contributed by atoms with van der Waals surface area (Å²) >= 11 is 1.41. The van der Waals surface area contributed by atoms with Crippen LogP contribution in [-0.2, 0) is 4.74 Å². The maximum absolute atomic E-state index is 11.1. The summed E-state index contributed by atoms with van der Waals surface area (Å²) < 4.78 is 4.59. The van der Waals surface area contributed by atoms with Gasteiger partial charge in [0.05, 0.1) is 7.11 Å². The van der Waals surface area contributed by atoms with Gasteiger partial charge in [0, 0.05) is 11.6 Å². The lowest BCUT2D eigenvalue weighted by Crippen LogP contribution is -1.96. The van der Waals surface area contributed by atoms with Crippen LogP contribution in [-0.4, -0.2) is 18.1 Å². The molecule has 3 nitrogen and oxygen atoms in total. The van der Waals surface area contributed by atoms with Crippen LogP contribution in [0, 0.1) is 0 Å². The van der Waals surface area contributed by atoms with Crippen molar-refractivity contribution in [1.29, 1.82) is 0 Å². The van der Waals surface area contributed by atoms with E-state index < -0.39 is 0 Å². The normalized spacial score (nSPS) is 10.4. The molecule has 0 aliphatic rings. The molecule has 0 aromatic carbocycles. The van der Waals surface area contributed by atoms with Gasteiger partial charge in [-0.05, 0) is 12.1 Å². The minimum absolute atomic E-state index is 0.274. The number of carbonyl (C=O) groups is 1. The molecule has 0 spiro atoms. The van der Waals surface area contributed by atoms with E-state index in [9.17, 15) is 4.79 Å². The summed E-state index contributed by atoms with van der Waals surface area (Å²) in [6.07, 6.45) is 1.85. The van der Waals surface area contributed by atoms with Gasteiger partial charge in [0.1, 0.15) is 9.71 Å². The molecule has 12 heavy (non-hydrogen) atoms. The largest absolute Gasteiger partial charge is 0.465 e. The SMILES string of the molecule is COC(=O)c1cc2cc[nH]c2s1. The van der Waals surface area contributed by atoms with Crippen molar-refractivity contribution in [3.05, 3.63) is 23.2 Å². The fourth-order valence-electron chi connectivity index (χ4n) is 1.05. The second kappa shape index (κ2) is 2.64. The maximum Gasteiger partial charge on any atom is 0.348 e. The highest BCUT2D eigenvalue weighted by atomic mass is 32.1. The summed E-state index contributed by atoms with van der Waals surface area (Å²) in [5.41, 5.74) is 0. The molecule has 0 bridgehead atoms. The highest BCUT2D eigenvalue weighted by Crippen LogP contribution is 2.24. The van der Waals surface area contributed by atoms with Crippen molar-refractivity contribution in [1.82, 2.24) is 4.98 Å². The number of hydrogen-bond donors (Lipinski definition) is 1. The van der Waals surface area contributed by atoms with E-state index in [2.05, 4.69) is 9.72 Å². The number of thiophene rings is 1. The van der Waals surface area contributed by atoms with Crippen molar-refractivity contribution in [3.8, 4) is 0 Å². The van der Waals surface area contributed by atoms with E-state index >= 15 is 0 Å². The van der Waals surface area contributed by atoms with Crippen molar-refractivity contribution < 1.29 is 9.53 Å². The quantitative estimate of drug-likeness (QED) is 0.684. The molecule has 0 aliphatic carbocycles.